The number of halogens is 3. The number of alkyl halides is 3. The van der Waals surface area contributed by atoms with E-state index in [0.717, 1.165) is 43.5 Å². The highest BCUT2D eigenvalue weighted by atomic mass is 19.4. The van der Waals surface area contributed by atoms with Crippen LogP contribution in [0.3, 0.4) is 0 Å². The highest BCUT2D eigenvalue weighted by molar-refractivity contribution is 5.93. The van der Waals surface area contributed by atoms with Gasteiger partial charge in [-0.25, -0.2) is 9.79 Å². The summed E-state index contributed by atoms with van der Waals surface area (Å²) in [6.45, 7) is 3.51. The Morgan fingerprint density at radius 1 is 1.17 bits per heavy atom. The van der Waals surface area contributed by atoms with Gasteiger partial charge in [0.25, 0.3) is 5.69 Å². The molecule has 1 aromatic carbocycles. The molecule has 0 aliphatic carbocycles. The summed E-state index contributed by atoms with van der Waals surface area (Å²) < 4.78 is 49.7. The van der Waals surface area contributed by atoms with Crippen molar-refractivity contribution in [1.29, 1.82) is 0 Å². The van der Waals surface area contributed by atoms with E-state index in [9.17, 15) is 28.1 Å². The zero-order valence-electron chi connectivity index (χ0n) is 16.2. The molecule has 0 aliphatic rings. The van der Waals surface area contributed by atoms with Gasteiger partial charge in [0, 0.05) is 12.1 Å². The lowest BCUT2D eigenvalue weighted by Gasteiger charge is -2.14. The first-order valence-corrected chi connectivity index (χ1v) is 9.14. The summed E-state index contributed by atoms with van der Waals surface area (Å²) in [6.07, 6.45) is 0.119. The fourth-order valence-electron chi connectivity index (χ4n) is 2.19. The quantitative estimate of drug-likeness (QED) is 0.0721. The molecule has 0 atom stereocenters. The Labute approximate surface area is 166 Å². The second-order valence-corrected chi connectivity index (χ2v) is 5.93. The number of rotatable bonds is 10. The first-order valence-electron chi connectivity index (χ1n) is 9.14. The average Bonchev–Trinajstić information content (AvgIpc) is 2.65. The van der Waals surface area contributed by atoms with E-state index >= 15 is 0 Å². The zero-order valence-corrected chi connectivity index (χ0v) is 16.2. The molecule has 0 radical (unpaired) electrons. The molecule has 0 aromatic heterocycles. The highest BCUT2D eigenvalue weighted by Gasteiger charge is 2.40. The van der Waals surface area contributed by atoms with E-state index in [1.54, 1.807) is 0 Å². The molecule has 0 spiro atoms. The maximum absolute atomic E-state index is 13.4. The molecule has 0 aliphatic heterocycles. The van der Waals surface area contributed by atoms with Crippen molar-refractivity contribution in [3.63, 3.8) is 0 Å². The Hall–Kier alpha value is -2.91. The second-order valence-electron chi connectivity index (χ2n) is 5.93. The second kappa shape index (κ2) is 11.8. The fourth-order valence-corrected chi connectivity index (χ4v) is 2.19. The van der Waals surface area contributed by atoms with Gasteiger partial charge in [0.2, 0.25) is 5.76 Å². The van der Waals surface area contributed by atoms with Crippen LogP contribution in [0, 0.1) is 10.1 Å². The molecule has 0 heterocycles. The van der Waals surface area contributed by atoms with Crippen LogP contribution in [0.2, 0.25) is 0 Å². The van der Waals surface area contributed by atoms with Gasteiger partial charge in [0.15, 0.2) is 0 Å². The van der Waals surface area contributed by atoms with Crippen LogP contribution in [0.15, 0.2) is 41.1 Å². The minimum atomic E-state index is -4.99. The van der Waals surface area contributed by atoms with Gasteiger partial charge in [0.05, 0.1) is 17.2 Å². The van der Waals surface area contributed by atoms with E-state index < -0.39 is 28.7 Å². The van der Waals surface area contributed by atoms with Crippen LogP contribution < -0.4 is 0 Å². The predicted octanol–water partition coefficient (Wildman–Crippen LogP) is 5.62. The number of unbranched alkanes of at least 4 members (excludes halogenated alkanes) is 4. The highest BCUT2D eigenvalue weighted by Crippen LogP contribution is 2.26. The number of nitro groups is 1. The number of carbonyl (C=O) groups is 1. The number of ether oxygens (including phenoxy) is 2. The molecule has 10 heteroatoms. The predicted molar refractivity (Wildman–Crippen MR) is 101 cm³/mol. The number of carbonyl (C=O) groups excluding carboxylic acids is 1. The van der Waals surface area contributed by atoms with Crippen LogP contribution in [0.25, 0.3) is 0 Å². The molecule has 29 heavy (non-hydrogen) atoms. The van der Waals surface area contributed by atoms with E-state index in [-0.39, 0.29) is 18.0 Å². The normalized spacial score (nSPS) is 12.6. The lowest BCUT2D eigenvalue weighted by atomic mass is 10.1. The Balaban J connectivity index is 3.10. The van der Waals surface area contributed by atoms with Crippen molar-refractivity contribution in [3.8, 4) is 0 Å². The summed E-state index contributed by atoms with van der Waals surface area (Å²) in [6, 6.07) is 4.13. The van der Waals surface area contributed by atoms with Gasteiger partial charge < -0.3 is 9.47 Å². The Bertz CT molecular complexity index is 743. The Morgan fingerprint density at radius 2 is 1.83 bits per heavy atom. The van der Waals surface area contributed by atoms with Gasteiger partial charge in [-0.2, -0.15) is 13.2 Å². The molecule has 0 N–H and O–H groups in total. The van der Waals surface area contributed by atoms with Crippen molar-refractivity contribution < 1.29 is 32.4 Å². The Kier molecular flexibility index (Phi) is 9.84. The number of hydrogen-bond acceptors (Lipinski definition) is 6. The molecular formula is C19H23F3N2O5. The molecular weight excluding hydrogens is 393 g/mol. The van der Waals surface area contributed by atoms with E-state index in [2.05, 4.69) is 4.99 Å². The number of non-ortho nitro benzene ring substituents is 1. The lowest BCUT2D eigenvalue weighted by molar-refractivity contribution is -0.384. The number of aliphatic imine (C=N–C) groups is 1. The number of hydrogen-bond donors (Lipinski definition) is 0. The summed E-state index contributed by atoms with van der Waals surface area (Å²) in [5.74, 6) is -3.29. The van der Waals surface area contributed by atoms with Crippen molar-refractivity contribution >= 4 is 23.2 Å². The Morgan fingerprint density at radius 3 is 2.34 bits per heavy atom. The van der Waals surface area contributed by atoms with Gasteiger partial charge in [-0.1, -0.05) is 26.2 Å². The number of allylic oxidation sites excluding steroid dienone is 1. The first-order chi connectivity index (χ1) is 13.7. The van der Waals surface area contributed by atoms with E-state index in [4.69, 9.17) is 9.47 Å². The number of esters is 1. The lowest BCUT2D eigenvalue weighted by Crippen LogP contribution is -2.27. The molecule has 1 rings (SSSR count). The molecule has 0 unspecified atom stereocenters. The van der Waals surface area contributed by atoms with Gasteiger partial charge in [-0.05, 0) is 38.0 Å². The van der Waals surface area contributed by atoms with Crippen LogP contribution in [-0.4, -0.2) is 29.6 Å². The SMILES string of the molecule is CCCCCC/C=C(/OC(=Nc1ccc([N+](=O)[O-])cc1)C(F)(F)F)C(=O)OCC. The number of nitro benzene ring substituents is 1. The summed E-state index contributed by atoms with van der Waals surface area (Å²) in [4.78, 5) is 25.3. The summed E-state index contributed by atoms with van der Waals surface area (Å²) in [5.41, 5.74) is -0.508. The third-order valence-electron chi connectivity index (χ3n) is 3.60. The van der Waals surface area contributed by atoms with Crippen molar-refractivity contribution in [1.82, 2.24) is 0 Å². The topological polar surface area (TPSA) is 91.0 Å². The third-order valence-corrected chi connectivity index (χ3v) is 3.60. The van der Waals surface area contributed by atoms with E-state index in [1.807, 2.05) is 6.92 Å². The van der Waals surface area contributed by atoms with Crippen LogP contribution >= 0.6 is 0 Å². The van der Waals surface area contributed by atoms with Gasteiger partial charge in [0.1, 0.15) is 0 Å². The van der Waals surface area contributed by atoms with Crippen LogP contribution in [-0.2, 0) is 14.3 Å². The minimum Gasteiger partial charge on any atom is -0.460 e. The standard InChI is InChI=1S/C19H23F3N2O5/c1-3-5-6-7-8-9-16(17(25)28-4-2)29-18(19(20,21)22)23-14-10-12-15(13-11-14)24(26)27/h9-13H,3-8H2,1-2H3/b16-9+,23-18?. The molecule has 1 aromatic rings. The van der Waals surface area contributed by atoms with Crippen molar-refractivity contribution in [2.75, 3.05) is 6.61 Å². The maximum Gasteiger partial charge on any atom is 0.468 e. The zero-order chi connectivity index (χ0) is 21.9. The van der Waals surface area contributed by atoms with Crippen molar-refractivity contribution in [3.05, 3.63) is 46.2 Å². The van der Waals surface area contributed by atoms with Crippen molar-refractivity contribution in [2.24, 2.45) is 4.99 Å². The van der Waals surface area contributed by atoms with Gasteiger partial charge >= 0.3 is 18.0 Å². The summed E-state index contributed by atoms with van der Waals surface area (Å²) in [5, 5.41) is 10.6. The van der Waals surface area contributed by atoms with Gasteiger partial charge in [-0.3, -0.25) is 10.1 Å². The molecule has 0 saturated carbocycles. The number of nitrogens with zero attached hydrogens (tertiary/aromatic N) is 2. The van der Waals surface area contributed by atoms with E-state index in [0.29, 0.717) is 12.8 Å². The molecule has 160 valence electrons. The van der Waals surface area contributed by atoms with Crippen LogP contribution in [0.1, 0.15) is 46.0 Å². The minimum absolute atomic E-state index is 0.0315. The molecule has 0 fully saturated rings. The largest absolute Gasteiger partial charge is 0.468 e. The van der Waals surface area contributed by atoms with Crippen LogP contribution in [0.4, 0.5) is 24.5 Å². The summed E-state index contributed by atoms with van der Waals surface area (Å²) in [7, 11) is 0. The smallest absolute Gasteiger partial charge is 0.460 e. The number of benzene rings is 1. The molecule has 0 amide bonds. The molecule has 0 bridgehead atoms. The third kappa shape index (κ3) is 8.75. The summed E-state index contributed by atoms with van der Waals surface area (Å²) >= 11 is 0. The van der Waals surface area contributed by atoms with Crippen molar-refractivity contribution in [2.45, 2.75) is 52.1 Å². The monoisotopic (exact) mass is 416 g/mol. The first kappa shape index (κ1) is 24.1. The maximum atomic E-state index is 13.4. The van der Waals surface area contributed by atoms with E-state index in [1.165, 1.54) is 13.0 Å². The molecule has 7 nitrogen and oxygen atoms in total. The average molecular weight is 416 g/mol. The molecule has 0 saturated heterocycles. The fraction of sp³-hybridized carbons (Fsp3) is 0.474. The van der Waals surface area contributed by atoms with Crippen LogP contribution in [0.5, 0.6) is 0 Å². The van der Waals surface area contributed by atoms with Gasteiger partial charge in [-0.15, -0.1) is 0 Å².